The van der Waals surface area contributed by atoms with Crippen LogP contribution in [0.15, 0.2) is 64.4 Å². The second-order valence-corrected chi connectivity index (χ2v) is 5.22. The van der Waals surface area contributed by atoms with E-state index in [9.17, 15) is 4.79 Å². The van der Waals surface area contributed by atoms with Crippen LogP contribution in [-0.2, 0) is 6.54 Å². The number of anilines is 1. The van der Waals surface area contributed by atoms with Gasteiger partial charge >= 0.3 is 0 Å². The number of hydrogen-bond donors (Lipinski definition) is 1. The molecule has 106 valence electrons. The Morgan fingerprint density at radius 1 is 1.38 bits per heavy atom. The van der Waals surface area contributed by atoms with Crippen molar-refractivity contribution in [3.63, 3.8) is 0 Å². The summed E-state index contributed by atoms with van der Waals surface area (Å²) in [6, 6.07) is 9.32. The van der Waals surface area contributed by atoms with Gasteiger partial charge in [0.1, 0.15) is 0 Å². The molecule has 0 aliphatic heterocycles. The summed E-state index contributed by atoms with van der Waals surface area (Å²) in [4.78, 5) is 16.1. The van der Waals surface area contributed by atoms with Gasteiger partial charge in [0.25, 0.3) is 5.91 Å². The third kappa shape index (κ3) is 3.22. The SMILES string of the molecule is O=C(Nc1cccc(Cn2ccnc2)c1)c1ccoc1Br. The molecule has 0 fully saturated rings. The van der Waals surface area contributed by atoms with E-state index in [1.165, 1.54) is 6.26 Å². The Balaban J connectivity index is 1.74. The van der Waals surface area contributed by atoms with Crippen LogP contribution in [0.5, 0.6) is 0 Å². The third-order valence-electron chi connectivity index (χ3n) is 2.97. The van der Waals surface area contributed by atoms with E-state index in [1.807, 2.05) is 35.0 Å². The van der Waals surface area contributed by atoms with Crippen molar-refractivity contribution in [3.05, 3.63) is 71.1 Å². The lowest BCUT2D eigenvalue weighted by molar-refractivity contribution is 0.102. The first-order valence-electron chi connectivity index (χ1n) is 6.31. The number of nitrogens with one attached hydrogen (secondary N) is 1. The lowest BCUT2D eigenvalue weighted by atomic mass is 10.2. The zero-order valence-electron chi connectivity index (χ0n) is 11.0. The van der Waals surface area contributed by atoms with Crippen molar-refractivity contribution in [2.75, 3.05) is 5.32 Å². The summed E-state index contributed by atoms with van der Waals surface area (Å²) in [6.45, 7) is 0.707. The highest BCUT2D eigenvalue weighted by molar-refractivity contribution is 9.10. The number of aromatic nitrogens is 2. The highest BCUT2D eigenvalue weighted by Gasteiger charge is 2.12. The van der Waals surface area contributed by atoms with Gasteiger partial charge in [-0.1, -0.05) is 12.1 Å². The summed E-state index contributed by atoms with van der Waals surface area (Å²) in [5, 5.41) is 2.85. The lowest BCUT2D eigenvalue weighted by Crippen LogP contribution is -2.11. The van der Waals surface area contributed by atoms with Crippen LogP contribution < -0.4 is 5.32 Å². The van der Waals surface area contributed by atoms with E-state index in [-0.39, 0.29) is 5.91 Å². The van der Waals surface area contributed by atoms with Gasteiger partial charge in [-0.25, -0.2) is 4.98 Å². The topological polar surface area (TPSA) is 60.1 Å². The fraction of sp³-hybridized carbons (Fsp3) is 0.0667. The van der Waals surface area contributed by atoms with Crippen LogP contribution in [0.3, 0.4) is 0 Å². The highest BCUT2D eigenvalue weighted by Crippen LogP contribution is 2.19. The number of benzene rings is 1. The molecule has 0 saturated carbocycles. The van der Waals surface area contributed by atoms with Gasteiger partial charge in [-0.2, -0.15) is 0 Å². The first-order chi connectivity index (χ1) is 10.2. The molecule has 2 aromatic heterocycles. The molecule has 6 heteroatoms. The lowest BCUT2D eigenvalue weighted by Gasteiger charge is -2.07. The van der Waals surface area contributed by atoms with Crippen molar-refractivity contribution in [3.8, 4) is 0 Å². The van der Waals surface area contributed by atoms with Crippen molar-refractivity contribution in [1.82, 2.24) is 9.55 Å². The molecule has 1 amide bonds. The summed E-state index contributed by atoms with van der Waals surface area (Å²) in [6.07, 6.45) is 6.86. The first kappa shape index (κ1) is 13.6. The average molecular weight is 346 g/mol. The minimum atomic E-state index is -0.213. The summed E-state index contributed by atoms with van der Waals surface area (Å²) in [5.74, 6) is -0.213. The fourth-order valence-corrected chi connectivity index (χ4v) is 2.41. The van der Waals surface area contributed by atoms with Gasteiger partial charge in [0, 0.05) is 24.6 Å². The number of halogens is 1. The molecule has 0 radical (unpaired) electrons. The predicted octanol–water partition coefficient (Wildman–Crippen LogP) is 3.54. The maximum atomic E-state index is 12.1. The van der Waals surface area contributed by atoms with Crippen molar-refractivity contribution >= 4 is 27.5 Å². The quantitative estimate of drug-likeness (QED) is 0.786. The largest absolute Gasteiger partial charge is 0.457 e. The Labute approximate surface area is 129 Å². The highest BCUT2D eigenvalue weighted by atomic mass is 79.9. The first-order valence-corrected chi connectivity index (χ1v) is 7.11. The number of amides is 1. The Bertz CT molecular complexity index is 750. The van der Waals surface area contributed by atoms with Gasteiger partial charge in [-0.15, -0.1) is 0 Å². The molecule has 1 N–H and O–H groups in total. The zero-order chi connectivity index (χ0) is 14.7. The molecule has 0 unspecified atom stereocenters. The van der Waals surface area contributed by atoms with Crippen molar-refractivity contribution < 1.29 is 9.21 Å². The number of imidazole rings is 1. The maximum Gasteiger partial charge on any atom is 0.260 e. The van der Waals surface area contributed by atoms with Crippen LogP contribution in [0.4, 0.5) is 5.69 Å². The minimum absolute atomic E-state index is 0.213. The molecular weight excluding hydrogens is 334 g/mol. The van der Waals surface area contributed by atoms with Crippen molar-refractivity contribution in [2.45, 2.75) is 6.54 Å². The smallest absolute Gasteiger partial charge is 0.260 e. The molecule has 0 atom stereocenters. The molecule has 0 aliphatic rings. The van der Waals surface area contributed by atoms with E-state index in [0.29, 0.717) is 16.8 Å². The number of rotatable bonds is 4. The average Bonchev–Trinajstić information content (AvgIpc) is 3.10. The van der Waals surface area contributed by atoms with Gasteiger partial charge in [0.2, 0.25) is 0 Å². The van der Waals surface area contributed by atoms with Crippen molar-refractivity contribution in [2.24, 2.45) is 0 Å². The van der Waals surface area contributed by atoms with E-state index in [1.54, 1.807) is 18.6 Å². The van der Waals surface area contributed by atoms with E-state index < -0.39 is 0 Å². The van der Waals surface area contributed by atoms with Crippen LogP contribution in [0.25, 0.3) is 0 Å². The number of furan rings is 1. The van der Waals surface area contributed by atoms with Crippen LogP contribution >= 0.6 is 15.9 Å². The number of carbonyl (C=O) groups is 1. The Kier molecular flexibility index (Phi) is 3.87. The number of hydrogen-bond acceptors (Lipinski definition) is 3. The second-order valence-electron chi connectivity index (χ2n) is 4.50. The maximum absolute atomic E-state index is 12.1. The van der Waals surface area contributed by atoms with E-state index in [4.69, 9.17) is 4.42 Å². The van der Waals surface area contributed by atoms with Gasteiger partial charge < -0.3 is 14.3 Å². The second kappa shape index (κ2) is 5.97. The van der Waals surface area contributed by atoms with Gasteiger partial charge in [-0.05, 0) is 39.7 Å². The molecule has 0 bridgehead atoms. The zero-order valence-corrected chi connectivity index (χ0v) is 12.6. The number of carbonyl (C=O) groups excluding carboxylic acids is 1. The van der Waals surface area contributed by atoms with Crippen LogP contribution in [0.1, 0.15) is 15.9 Å². The van der Waals surface area contributed by atoms with E-state index in [2.05, 4.69) is 26.2 Å². The number of nitrogens with zero attached hydrogens (tertiary/aromatic N) is 2. The molecule has 0 saturated heterocycles. The molecule has 5 nitrogen and oxygen atoms in total. The van der Waals surface area contributed by atoms with Gasteiger partial charge in [0.15, 0.2) is 4.67 Å². The standard InChI is InChI=1S/C15H12BrN3O2/c16-14-13(4-7-21-14)15(20)18-12-3-1-2-11(8-12)9-19-6-5-17-10-19/h1-8,10H,9H2,(H,18,20). The molecule has 3 rings (SSSR count). The predicted molar refractivity (Wildman–Crippen MR) is 82.1 cm³/mol. The van der Waals surface area contributed by atoms with Gasteiger partial charge in [0.05, 0.1) is 18.2 Å². The Hall–Kier alpha value is -2.34. The molecular formula is C15H12BrN3O2. The summed E-state index contributed by atoms with van der Waals surface area (Å²) >= 11 is 3.20. The summed E-state index contributed by atoms with van der Waals surface area (Å²) in [5.41, 5.74) is 2.29. The molecule has 0 spiro atoms. The Morgan fingerprint density at radius 2 is 2.29 bits per heavy atom. The van der Waals surface area contributed by atoms with Crippen molar-refractivity contribution in [1.29, 1.82) is 0 Å². The van der Waals surface area contributed by atoms with Crippen LogP contribution in [0, 0.1) is 0 Å². The third-order valence-corrected chi connectivity index (χ3v) is 3.59. The monoisotopic (exact) mass is 345 g/mol. The molecule has 0 aliphatic carbocycles. The molecule has 2 heterocycles. The molecule has 1 aromatic carbocycles. The van der Waals surface area contributed by atoms with Crippen LogP contribution in [-0.4, -0.2) is 15.5 Å². The van der Waals surface area contributed by atoms with E-state index in [0.717, 1.165) is 11.3 Å². The van der Waals surface area contributed by atoms with Crippen LogP contribution in [0.2, 0.25) is 0 Å². The van der Waals surface area contributed by atoms with E-state index >= 15 is 0 Å². The fourth-order valence-electron chi connectivity index (χ4n) is 1.99. The van der Waals surface area contributed by atoms with Gasteiger partial charge in [-0.3, -0.25) is 4.79 Å². The summed E-state index contributed by atoms with van der Waals surface area (Å²) in [7, 11) is 0. The molecule has 3 aromatic rings. The summed E-state index contributed by atoms with van der Waals surface area (Å²) < 4.78 is 7.45. The molecule has 21 heavy (non-hydrogen) atoms. The Morgan fingerprint density at radius 3 is 3.00 bits per heavy atom. The normalized spacial score (nSPS) is 10.5. The minimum Gasteiger partial charge on any atom is -0.457 e.